The number of carbonyl (C=O) groups excluding carboxylic acids is 2. The lowest BCUT2D eigenvalue weighted by Crippen LogP contribution is -2.54. The van der Waals surface area contributed by atoms with Gasteiger partial charge in [-0.1, -0.05) is 44.0 Å². The lowest BCUT2D eigenvalue weighted by molar-refractivity contribution is -0.142. The van der Waals surface area contributed by atoms with Crippen molar-refractivity contribution in [3.8, 4) is 0 Å². The summed E-state index contributed by atoms with van der Waals surface area (Å²) in [5.41, 5.74) is 3.88. The zero-order valence-electron chi connectivity index (χ0n) is 17.4. The largest absolute Gasteiger partial charge is 0.382 e. The van der Waals surface area contributed by atoms with Crippen LogP contribution in [0.3, 0.4) is 0 Å². The van der Waals surface area contributed by atoms with E-state index in [1.54, 1.807) is 0 Å². The van der Waals surface area contributed by atoms with E-state index in [2.05, 4.69) is 29.7 Å². The molecule has 0 spiro atoms. The Balaban J connectivity index is 1.87. The van der Waals surface area contributed by atoms with Crippen LogP contribution >= 0.6 is 0 Å². The van der Waals surface area contributed by atoms with E-state index in [9.17, 15) is 9.59 Å². The maximum atomic E-state index is 13.5. The van der Waals surface area contributed by atoms with Crippen molar-refractivity contribution < 1.29 is 14.3 Å². The molecule has 1 fully saturated rings. The molecule has 6 heteroatoms. The summed E-state index contributed by atoms with van der Waals surface area (Å²) in [6.45, 7) is 5.07. The Hall–Kier alpha value is -2.34. The third-order valence-electron chi connectivity index (χ3n) is 6.44. The lowest BCUT2D eigenvalue weighted by Gasteiger charge is -2.43. The Bertz CT molecular complexity index is 819. The number of carbonyl (C=O) groups is 2. The molecule has 1 unspecified atom stereocenters. The van der Waals surface area contributed by atoms with E-state index in [0.717, 1.165) is 43.4 Å². The van der Waals surface area contributed by atoms with Gasteiger partial charge in [-0.2, -0.15) is 0 Å². The van der Waals surface area contributed by atoms with Crippen molar-refractivity contribution in [2.45, 2.75) is 64.1 Å². The number of ether oxygens (including phenoxy) is 1. The molecule has 2 N–H and O–H groups in total. The van der Waals surface area contributed by atoms with Crippen molar-refractivity contribution in [3.63, 3.8) is 0 Å². The number of nitrogens with one attached hydrogen (secondary N) is 2. The lowest BCUT2D eigenvalue weighted by atomic mass is 9.86. The smallest absolute Gasteiger partial charge is 0.251 e. The molecule has 2 amide bonds. The number of hydrogen-bond donors (Lipinski definition) is 2. The number of rotatable bonds is 5. The molecule has 1 aromatic rings. The minimum Gasteiger partial charge on any atom is -0.382 e. The Morgan fingerprint density at radius 3 is 2.79 bits per heavy atom. The fourth-order valence-electron chi connectivity index (χ4n) is 5.10. The summed E-state index contributed by atoms with van der Waals surface area (Å²) in [5.74, 6) is -0.105. The summed E-state index contributed by atoms with van der Waals surface area (Å²) in [7, 11) is 0. The highest BCUT2D eigenvalue weighted by atomic mass is 16.5. The van der Waals surface area contributed by atoms with Crippen molar-refractivity contribution in [1.82, 2.24) is 15.5 Å². The minimum absolute atomic E-state index is 0.0325. The molecule has 1 aliphatic carbocycles. The first-order valence-corrected chi connectivity index (χ1v) is 10.9. The van der Waals surface area contributed by atoms with E-state index in [1.807, 2.05) is 24.0 Å². The second kappa shape index (κ2) is 8.57. The van der Waals surface area contributed by atoms with Crippen LogP contribution in [0.2, 0.25) is 0 Å². The zero-order chi connectivity index (χ0) is 20.4. The number of benzene rings is 1. The molecule has 0 saturated heterocycles. The molecule has 2 aliphatic heterocycles. The van der Waals surface area contributed by atoms with Crippen LogP contribution in [0.5, 0.6) is 0 Å². The minimum atomic E-state index is -0.378. The normalized spacial score (nSPS) is 26.3. The highest BCUT2D eigenvalue weighted by molar-refractivity contribution is 5.99. The summed E-state index contributed by atoms with van der Waals surface area (Å²) in [4.78, 5) is 28.4. The number of nitrogens with zero attached hydrogens (tertiary/aromatic N) is 1. The molecule has 1 saturated carbocycles. The highest BCUT2D eigenvalue weighted by Crippen LogP contribution is 2.41. The molecule has 0 aromatic heterocycles. The van der Waals surface area contributed by atoms with Gasteiger partial charge in [0.15, 0.2) is 0 Å². The van der Waals surface area contributed by atoms with E-state index in [0.29, 0.717) is 18.7 Å². The first kappa shape index (κ1) is 20.0. The van der Waals surface area contributed by atoms with Crippen molar-refractivity contribution in [3.05, 3.63) is 46.7 Å². The van der Waals surface area contributed by atoms with Gasteiger partial charge in [0, 0.05) is 18.3 Å². The van der Waals surface area contributed by atoms with Crippen molar-refractivity contribution in [2.24, 2.45) is 0 Å². The van der Waals surface area contributed by atoms with Gasteiger partial charge in [0.1, 0.15) is 6.61 Å². The fourth-order valence-corrected chi connectivity index (χ4v) is 5.10. The predicted molar refractivity (Wildman–Crippen MR) is 111 cm³/mol. The van der Waals surface area contributed by atoms with E-state index in [4.69, 9.17) is 4.74 Å². The van der Waals surface area contributed by atoms with E-state index in [-0.39, 0.29) is 36.5 Å². The Morgan fingerprint density at radius 1 is 1.21 bits per heavy atom. The zero-order valence-corrected chi connectivity index (χ0v) is 17.4. The van der Waals surface area contributed by atoms with Crippen LogP contribution in [-0.2, 0) is 20.7 Å². The molecular formula is C23H31N3O3. The molecule has 6 nitrogen and oxygen atoms in total. The van der Waals surface area contributed by atoms with Gasteiger partial charge in [0.2, 0.25) is 5.91 Å². The van der Waals surface area contributed by atoms with Crippen LogP contribution in [-0.4, -0.2) is 48.6 Å². The molecule has 156 valence electrons. The Labute approximate surface area is 172 Å². The molecule has 4 rings (SSSR count). The molecule has 0 bridgehead atoms. The summed E-state index contributed by atoms with van der Waals surface area (Å²) in [6.07, 6.45) is 5.05. The van der Waals surface area contributed by atoms with E-state index in [1.165, 1.54) is 5.56 Å². The molecule has 2 heterocycles. The van der Waals surface area contributed by atoms with E-state index >= 15 is 0 Å². The summed E-state index contributed by atoms with van der Waals surface area (Å²) < 4.78 is 5.52. The molecule has 0 radical (unpaired) electrons. The highest BCUT2D eigenvalue weighted by Gasteiger charge is 2.46. The first-order chi connectivity index (χ1) is 14.2. The van der Waals surface area contributed by atoms with Gasteiger partial charge in [0.05, 0.1) is 24.2 Å². The molecule has 29 heavy (non-hydrogen) atoms. The number of aryl methyl sites for hydroxylation is 1. The van der Waals surface area contributed by atoms with Gasteiger partial charge < -0.3 is 20.3 Å². The monoisotopic (exact) mass is 397 g/mol. The first-order valence-electron chi connectivity index (χ1n) is 10.9. The molecular weight excluding hydrogens is 366 g/mol. The van der Waals surface area contributed by atoms with Gasteiger partial charge in [0.25, 0.3) is 5.91 Å². The van der Waals surface area contributed by atoms with Gasteiger partial charge in [-0.25, -0.2) is 0 Å². The maximum Gasteiger partial charge on any atom is 0.251 e. The van der Waals surface area contributed by atoms with Crippen LogP contribution in [0.15, 0.2) is 35.5 Å². The van der Waals surface area contributed by atoms with Crippen molar-refractivity contribution in [1.29, 1.82) is 0 Å². The van der Waals surface area contributed by atoms with Crippen LogP contribution in [0.25, 0.3) is 0 Å². The Kier molecular flexibility index (Phi) is 5.90. The van der Waals surface area contributed by atoms with Gasteiger partial charge >= 0.3 is 0 Å². The summed E-state index contributed by atoms with van der Waals surface area (Å²) in [5, 5.41) is 6.63. The van der Waals surface area contributed by atoms with Crippen LogP contribution in [0.4, 0.5) is 0 Å². The second-order valence-electron chi connectivity index (χ2n) is 8.07. The van der Waals surface area contributed by atoms with Crippen LogP contribution in [0, 0.1) is 0 Å². The maximum absolute atomic E-state index is 13.5. The molecule has 1 aromatic carbocycles. The summed E-state index contributed by atoms with van der Waals surface area (Å²) >= 11 is 0. The quantitative estimate of drug-likeness (QED) is 0.801. The number of hydrogen-bond acceptors (Lipinski definition) is 4. The standard InChI is InChI=1S/C23H31N3O3/c1-3-15-9-5-6-10-16(15)22-21-18(13-24-23(21)28)25-17-11-7-8-12-19(17)26(22)20(27)14-29-4-2/h5-6,9-10,17,19,22,25H,3-4,7-8,11-14H2,1-2H3,(H,24,28)/t17?,19-,22-/m1/s1. The Morgan fingerprint density at radius 2 is 2.00 bits per heavy atom. The third-order valence-corrected chi connectivity index (χ3v) is 6.44. The van der Waals surface area contributed by atoms with E-state index < -0.39 is 0 Å². The van der Waals surface area contributed by atoms with Crippen LogP contribution in [0.1, 0.15) is 56.7 Å². The average Bonchev–Trinajstić information content (AvgIpc) is 3.02. The third kappa shape index (κ3) is 3.66. The topological polar surface area (TPSA) is 70.7 Å². The van der Waals surface area contributed by atoms with Crippen molar-refractivity contribution >= 4 is 11.8 Å². The number of fused-ring (bicyclic) bond motifs is 1. The molecule has 3 aliphatic rings. The van der Waals surface area contributed by atoms with Gasteiger partial charge in [-0.15, -0.1) is 0 Å². The SMILES string of the molecule is CCOCC(=O)N1[C@@H]2CCCCC2NC2=C(C(=O)NC2)[C@H]1c1ccccc1CC. The van der Waals surface area contributed by atoms with Gasteiger partial charge in [-0.3, -0.25) is 9.59 Å². The number of amides is 2. The fraction of sp³-hybridized carbons (Fsp3) is 0.565. The second-order valence-corrected chi connectivity index (χ2v) is 8.07. The summed E-state index contributed by atoms with van der Waals surface area (Å²) in [6, 6.07) is 8.06. The van der Waals surface area contributed by atoms with Crippen molar-refractivity contribution in [2.75, 3.05) is 19.8 Å². The predicted octanol–water partition coefficient (Wildman–Crippen LogP) is 2.45. The van der Waals surface area contributed by atoms with Gasteiger partial charge in [-0.05, 0) is 37.3 Å². The van der Waals surface area contributed by atoms with Crippen LogP contribution < -0.4 is 10.6 Å². The molecule has 3 atom stereocenters. The average molecular weight is 398 g/mol.